The van der Waals surface area contributed by atoms with Gasteiger partial charge in [-0.1, -0.05) is 6.92 Å². The molecule has 3 fully saturated rings. The van der Waals surface area contributed by atoms with E-state index in [0.717, 1.165) is 60.7 Å². The van der Waals surface area contributed by atoms with Crippen molar-refractivity contribution in [2.75, 3.05) is 37.7 Å². The summed E-state index contributed by atoms with van der Waals surface area (Å²) >= 11 is 0. The fourth-order valence-corrected chi connectivity index (χ4v) is 8.02. The van der Waals surface area contributed by atoms with Crippen LogP contribution < -0.4 is 15.4 Å². The van der Waals surface area contributed by atoms with E-state index < -0.39 is 12.0 Å². The van der Waals surface area contributed by atoms with Crippen LogP contribution >= 0.6 is 0 Å². The molecule has 1 aromatic carbocycles. The van der Waals surface area contributed by atoms with Gasteiger partial charge in [0.05, 0.1) is 22.6 Å². The van der Waals surface area contributed by atoms with Crippen molar-refractivity contribution in [2.24, 2.45) is 5.73 Å². The van der Waals surface area contributed by atoms with Gasteiger partial charge in [0.1, 0.15) is 29.8 Å². The molecule has 3 aliphatic heterocycles. The summed E-state index contributed by atoms with van der Waals surface area (Å²) in [5, 5.41) is 8.70. The second-order valence-electron chi connectivity index (χ2n) is 13.3. The van der Waals surface area contributed by atoms with E-state index >= 15 is 4.39 Å². The molecule has 42 heavy (non-hydrogen) atoms. The van der Waals surface area contributed by atoms with Crippen LogP contribution in [0.4, 0.5) is 14.6 Å². The fraction of sp³-hybridized carbons (Fsp3) is 0.548. The van der Waals surface area contributed by atoms with Crippen molar-refractivity contribution < 1.29 is 13.5 Å². The molecule has 0 saturated carbocycles. The van der Waals surface area contributed by atoms with Crippen LogP contribution in [0.15, 0.2) is 18.5 Å². The number of aryl methyl sites for hydroxylation is 1. The van der Waals surface area contributed by atoms with Crippen LogP contribution in [0.1, 0.15) is 63.0 Å². The van der Waals surface area contributed by atoms with Crippen LogP contribution in [0.2, 0.25) is 0 Å². The smallest absolute Gasteiger partial charge is 0.319 e. The Bertz CT molecular complexity index is 1720. The molecule has 4 aliphatic rings. The number of halogens is 2. The van der Waals surface area contributed by atoms with Gasteiger partial charge in [-0.25, -0.2) is 8.78 Å². The number of aromatic nitrogens is 5. The van der Waals surface area contributed by atoms with Gasteiger partial charge in [0, 0.05) is 48.7 Å². The van der Waals surface area contributed by atoms with Crippen molar-refractivity contribution in [3.05, 3.63) is 35.4 Å². The lowest BCUT2D eigenvalue weighted by atomic mass is 9.91. The summed E-state index contributed by atoms with van der Waals surface area (Å²) in [7, 11) is 0. The monoisotopic (exact) mass is 574 g/mol. The first kappa shape index (κ1) is 26.2. The molecule has 0 radical (unpaired) electrons. The van der Waals surface area contributed by atoms with Gasteiger partial charge in [-0.3, -0.25) is 15.0 Å². The SMILES string of the molecule is C[C@@H]1CCc2cc3[nH]ncc3c(-c3ncc4c(N5CC[C@@](C)(N)C5)nc(OC[C@@]56CCCN5C[C@H](F)C6)nc4c3F)c21. The maximum absolute atomic E-state index is 16.8. The Morgan fingerprint density at radius 2 is 2.07 bits per heavy atom. The Hall–Kier alpha value is -3.44. The lowest BCUT2D eigenvalue weighted by molar-refractivity contribution is 0.107. The van der Waals surface area contributed by atoms with Crippen molar-refractivity contribution in [2.45, 2.75) is 75.5 Å². The van der Waals surface area contributed by atoms with E-state index in [9.17, 15) is 4.39 Å². The van der Waals surface area contributed by atoms with Gasteiger partial charge in [0.15, 0.2) is 5.82 Å². The molecule has 0 spiro atoms. The van der Waals surface area contributed by atoms with Gasteiger partial charge in [0.2, 0.25) is 0 Å². The van der Waals surface area contributed by atoms with Gasteiger partial charge in [-0.15, -0.1) is 0 Å². The van der Waals surface area contributed by atoms with Crippen molar-refractivity contribution in [1.82, 2.24) is 30.0 Å². The number of aromatic amines is 1. The van der Waals surface area contributed by atoms with Crippen LogP contribution in [0.3, 0.4) is 0 Å². The second kappa shape index (κ2) is 9.28. The van der Waals surface area contributed by atoms with Crippen molar-refractivity contribution in [3.63, 3.8) is 0 Å². The minimum absolute atomic E-state index is 0.0998. The molecule has 9 nitrogen and oxygen atoms in total. The number of nitrogens with two attached hydrogens (primary N) is 1. The third kappa shape index (κ3) is 4.00. The number of H-pyrrole nitrogens is 1. The summed E-state index contributed by atoms with van der Waals surface area (Å²) in [5.74, 6) is 0.339. The highest BCUT2D eigenvalue weighted by atomic mass is 19.1. The predicted molar refractivity (Wildman–Crippen MR) is 157 cm³/mol. The quantitative estimate of drug-likeness (QED) is 0.355. The van der Waals surface area contributed by atoms with Crippen LogP contribution in [-0.4, -0.2) is 80.1 Å². The zero-order valence-electron chi connectivity index (χ0n) is 24.1. The summed E-state index contributed by atoms with van der Waals surface area (Å²) in [6.07, 6.45) is 7.61. The molecule has 11 heteroatoms. The molecular weight excluding hydrogens is 538 g/mol. The minimum Gasteiger partial charge on any atom is -0.461 e. The summed E-state index contributed by atoms with van der Waals surface area (Å²) < 4.78 is 37.5. The molecule has 3 saturated heterocycles. The van der Waals surface area contributed by atoms with E-state index in [0.29, 0.717) is 37.3 Å². The van der Waals surface area contributed by atoms with Gasteiger partial charge in [0.25, 0.3) is 0 Å². The number of nitrogens with zero attached hydrogens (tertiary/aromatic N) is 6. The Morgan fingerprint density at radius 3 is 2.90 bits per heavy atom. The highest BCUT2D eigenvalue weighted by Gasteiger charge is 2.49. The van der Waals surface area contributed by atoms with E-state index in [1.54, 1.807) is 12.4 Å². The third-order valence-corrected chi connectivity index (χ3v) is 10.1. The maximum Gasteiger partial charge on any atom is 0.319 e. The second-order valence-corrected chi connectivity index (χ2v) is 13.3. The van der Waals surface area contributed by atoms with Gasteiger partial charge in [-0.2, -0.15) is 15.1 Å². The summed E-state index contributed by atoms with van der Waals surface area (Å²) in [4.78, 5) is 18.4. The number of anilines is 1. The van der Waals surface area contributed by atoms with Gasteiger partial charge < -0.3 is 15.4 Å². The molecule has 0 amide bonds. The third-order valence-electron chi connectivity index (χ3n) is 10.1. The lowest BCUT2D eigenvalue weighted by Gasteiger charge is -2.31. The average molecular weight is 575 g/mol. The Labute approximate surface area is 242 Å². The molecule has 3 aromatic heterocycles. The van der Waals surface area contributed by atoms with E-state index in [-0.39, 0.29) is 40.8 Å². The Kier molecular flexibility index (Phi) is 5.79. The Balaban J connectivity index is 1.27. The van der Waals surface area contributed by atoms with Crippen LogP contribution in [0.5, 0.6) is 6.01 Å². The largest absolute Gasteiger partial charge is 0.461 e. The van der Waals surface area contributed by atoms with Crippen molar-refractivity contribution in [3.8, 4) is 17.3 Å². The number of rotatable bonds is 5. The average Bonchev–Trinajstić information content (AvgIpc) is 3.77. The molecule has 220 valence electrons. The number of alkyl halides is 1. The number of fused-ring (bicyclic) bond motifs is 4. The summed E-state index contributed by atoms with van der Waals surface area (Å²) in [5.41, 5.74) is 10.1. The topological polar surface area (TPSA) is 109 Å². The first-order chi connectivity index (χ1) is 20.2. The molecule has 6 heterocycles. The zero-order valence-corrected chi connectivity index (χ0v) is 24.1. The molecule has 4 aromatic rings. The minimum atomic E-state index is -0.866. The number of hydrogen-bond acceptors (Lipinski definition) is 8. The summed E-state index contributed by atoms with van der Waals surface area (Å²) in [6, 6.07) is 2.23. The van der Waals surface area contributed by atoms with Crippen LogP contribution in [0, 0.1) is 5.82 Å². The number of pyridine rings is 1. The number of hydrogen-bond donors (Lipinski definition) is 2. The fourth-order valence-electron chi connectivity index (χ4n) is 8.02. The number of benzene rings is 1. The molecule has 4 atom stereocenters. The first-order valence-corrected chi connectivity index (χ1v) is 15.1. The first-order valence-electron chi connectivity index (χ1n) is 15.1. The van der Waals surface area contributed by atoms with Crippen LogP contribution in [-0.2, 0) is 6.42 Å². The van der Waals surface area contributed by atoms with Gasteiger partial charge in [-0.05, 0) is 68.7 Å². The van der Waals surface area contributed by atoms with Gasteiger partial charge >= 0.3 is 6.01 Å². The molecular formula is C31H36F2N8O. The normalized spacial score (nSPS) is 29.2. The summed E-state index contributed by atoms with van der Waals surface area (Å²) in [6.45, 7) is 7.01. The standard InChI is InChI=1S/C31H36F2N8O/c1-17-4-5-18-10-22-20(13-36-39-22)24(23(17)18)27-25(33)26-21(12-35-27)28(40-9-7-30(2,34)15-40)38-29(37-26)42-16-31-6-3-8-41(31)14-19(32)11-31/h10,12-13,17,19H,3-9,11,14-16,34H2,1-2H3,(H,36,39)/t17-,19-,30-,31+/m1/s1. The lowest BCUT2D eigenvalue weighted by Crippen LogP contribution is -2.43. The Morgan fingerprint density at radius 1 is 1.19 bits per heavy atom. The maximum atomic E-state index is 16.8. The van der Waals surface area contributed by atoms with Crippen molar-refractivity contribution in [1.29, 1.82) is 0 Å². The van der Waals surface area contributed by atoms with E-state index in [4.69, 9.17) is 20.4 Å². The molecule has 0 unspecified atom stereocenters. The molecule has 0 bridgehead atoms. The molecule has 8 rings (SSSR count). The van der Waals surface area contributed by atoms with E-state index in [2.05, 4.69) is 38.0 Å². The number of nitrogens with one attached hydrogen (secondary N) is 1. The molecule has 3 N–H and O–H groups in total. The zero-order chi connectivity index (χ0) is 28.8. The number of ether oxygens (including phenoxy) is 1. The van der Waals surface area contributed by atoms with Crippen molar-refractivity contribution >= 4 is 27.6 Å². The highest BCUT2D eigenvalue weighted by molar-refractivity contribution is 6.00. The van der Waals surface area contributed by atoms with Crippen LogP contribution in [0.25, 0.3) is 33.1 Å². The molecule has 1 aliphatic carbocycles. The highest BCUT2D eigenvalue weighted by Crippen LogP contribution is 2.45. The predicted octanol–water partition coefficient (Wildman–Crippen LogP) is 4.64. The van der Waals surface area contributed by atoms with E-state index in [1.165, 1.54) is 5.56 Å². The van der Waals surface area contributed by atoms with E-state index in [1.807, 2.05) is 6.92 Å².